The summed E-state index contributed by atoms with van der Waals surface area (Å²) in [6.45, 7) is 0. The summed E-state index contributed by atoms with van der Waals surface area (Å²) in [5.41, 5.74) is 1.20. The summed E-state index contributed by atoms with van der Waals surface area (Å²) in [4.78, 5) is 0. The Morgan fingerprint density at radius 3 is 2.73 bits per heavy atom. The Morgan fingerprint density at radius 1 is 1.36 bits per heavy atom. The molecule has 2 nitrogen and oxygen atoms in total. The number of rotatable bonds is 1. The van der Waals surface area contributed by atoms with Crippen LogP contribution in [0.4, 0.5) is 0 Å². The molecule has 0 aromatic carbocycles. The molecule has 11 heavy (non-hydrogen) atoms. The van der Waals surface area contributed by atoms with Crippen LogP contribution >= 0.6 is 15.9 Å². The van der Waals surface area contributed by atoms with Crippen LogP contribution < -0.4 is 0 Å². The number of halogens is 1. The third-order valence-corrected chi connectivity index (χ3v) is 1.77. The van der Waals surface area contributed by atoms with Crippen molar-refractivity contribution in [3.05, 3.63) is 34.4 Å². The van der Waals surface area contributed by atoms with Gasteiger partial charge in [0, 0.05) is 16.3 Å². The molecule has 0 saturated heterocycles. The van der Waals surface area contributed by atoms with Crippen LogP contribution in [0.3, 0.4) is 0 Å². The highest BCUT2D eigenvalue weighted by Crippen LogP contribution is 2.17. The fourth-order valence-electron chi connectivity index (χ4n) is 0.761. The average Bonchev–Trinajstić information content (AvgIpc) is 1.98. The predicted molar refractivity (Wildman–Crippen MR) is 50.7 cm³/mol. The van der Waals surface area contributed by atoms with Crippen molar-refractivity contribution >= 4 is 27.9 Å². The van der Waals surface area contributed by atoms with Crippen molar-refractivity contribution in [3.63, 3.8) is 0 Å². The van der Waals surface area contributed by atoms with Crippen LogP contribution in [0.5, 0.6) is 0 Å². The van der Waals surface area contributed by atoms with Gasteiger partial charge < -0.3 is 10.8 Å². The number of hydrogen-bond donors (Lipinski definition) is 2. The molecule has 1 rings (SSSR count). The second-order valence-corrected chi connectivity index (χ2v) is 2.98. The van der Waals surface area contributed by atoms with Gasteiger partial charge in [0.05, 0.1) is 5.71 Å². The van der Waals surface area contributed by atoms with Gasteiger partial charge >= 0.3 is 0 Å². The van der Waals surface area contributed by atoms with E-state index in [9.17, 15) is 0 Å². The molecule has 1 aliphatic carbocycles. The minimum atomic E-state index is 0.441. The third kappa shape index (κ3) is 1.98. The molecule has 0 heterocycles. The van der Waals surface area contributed by atoms with Crippen molar-refractivity contribution in [1.29, 1.82) is 10.8 Å². The quantitative estimate of drug-likeness (QED) is 0.626. The lowest BCUT2D eigenvalue weighted by atomic mass is 10.1. The highest BCUT2D eigenvalue weighted by atomic mass is 79.9. The van der Waals surface area contributed by atoms with Gasteiger partial charge in [0.1, 0.15) is 0 Å². The first-order valence-electron chi connectivity index (χ1n) is 3.09. The zero-order valence-electron chi connectivity index (χ0n) is 5.76. The Labute approximate surface area is 73.5 Å². The Hall–Kier alpha value is -0.960. The van der Waals surface area contributed by atoms with Crippen LogP contribution in [0, 0.1) is 10.8 Å². The predicted octanol–water partition coefficient (Wildman–Crippen LogP) is 2.43. The molecule has 0 atom stereocenters. The minimum absolute atomic E-state index is 0.441. The second kappa shape index (κ2) is 3.44. The van der Waals surface area contributed by atoms with E-state index in [1.807, 2.05) is 12.2 Å². The molecule has 0 fully saturated rings. The number of allylic oxidation sites excluding steroid dienone is 6. The van der Waals surface area contributed by atoms with Gasteiger partial charge in [-0.2, -0.15) is 0 Å². The number of hydrogen-bond acceptors (Lipinski definition) is 2. The van der Waals surface area contributed by atoms with Gasteiger partial charge in [0.25, 0.3) is 0 Å². The van der Waals surface area contributed by atoms with E-state index < -0.39 is 0 Å². The Balaban J connectivity index is 2.99. The van der Waals surface area contributed by atoms with Gasteiger partial charge in [-0.3, -0.25) is 0 Å². The summed E-state index contributed by atoms with van der Waals surface area (Å²) in [5, 5.41) is 14.2. The summed E-state index contributed by atoms with van der Waals surface area (Å²) in [6.07, 6.45) is 8.09. The summed E-state index contributed by atoms with van der Waals surface area (Å²) in [7, 11) is 0. The molecule has 0 bridgehead atoms. The van der Waals surface area contributed by atoms with Gasteiger partial charge in [-0.15, -0.1) is 0 Å². The molecule has 0 aliphatic heterocycles. The monoisotopic (exact) mass is 210 g/mol. The first kappa shape index (κ1) is 8.14. The standard InChI is InChI=1S/C8H7BrN2/c9-7-1-2-8(11)6(5-7)3-4-10/h1-5,10-11H/b6-3-,10-4?,11-8?. The maximum Gasteiger partial charge on any atom is 0.0613 e. The van der Waals surface area contributed by atoms with Gasteiger partial charge in [-0.05, 0) is 24.3 Å². The van der Waals surface area contributed by atoms with E-state index in [1.54, 1.807) is 12.2 Å². The smallest absolute Gasteiger partial charge is 0.0613 e. The molecule has 0 radical (unpaired) electrons. The molecular weight excluding hydrogens is 204 g/mol. The first-order chi connectivity index (χ1) is 5.24. The van der Waals surface area contributed by atoms with E-state index in [0.717, 1.165) is 10.1 Å². The molecular formula is C8H7BrN2. The van der Waals surface area contributed by atoms with E-state index in [2.05, 4.69) is 15.9 Å². The molecule has 1 aliphatic rings. The topological polar surface area (TPSA) is 47.7 Å². The molecule has 2 N–H and O–H groups in total. The van der Waals surface area contributed by atoms with Gasteiger partial charge in [-0.1, -0.05) is 15.9 Å². The number of nitrogens with one attached hydrogen (secondary N) is 2. The van der Waals surface area contributed by atoms with Crippen LogP contribution in [-0.4, -0.2) is 11.9 Å². The normalized spacial score (nSPS) is 20.3. The van der Waals surface area contributed by atoms with E-state index in [0.29, 0.717) is 5.71 Å². The van der Waals surface area contributed by atoms with Crippen LogP contribution in [-0.2, 0) is 0 Å². The highest BCUT2D eigenvalue weighted by Gasteiger charge is 2.03. The molecule has 0 amide bonds. The average molecular weight is 211 g/mol. The molecule has 0 saturated carbocycles. The fourth-order valence-corrected chi connectivity index (χ4v) is 1.14. The largest absolute Gasteiger partial charge is 0.309 e. The van der Waals surface area contributed by atoms with E-state index in [4.69, 9.17) is 10.8 Å². The van der Waals surface area contributed by atoms with Crippen molar-refractivity contribution in [2.75, 3.05) is 0 Å². The van der Waals surface area contributed by atoms with Crippen LogP contribution in [0.2, 0.25) is 0 Å². The van der Waals surface area contributed by atoms with E-state index in [-0.39, 0.29) is 0 Å². The van der Waals surface area contributed by atoms with Crippen molar-refractivity contribution in [1.82, 2.24) is 0 Å². The van der Waals surface area contributed by atoms with E-state index >= 15 is 0 Å². The fraction of sp³-hybridized carbons (Fsp3) is 0. The van der Waals surface area contributed by atoms with Crippen molar-refractivity contribution in [2.45, 2.75) is 0 Å². The van der Waals surface area contributed by atoms with Crippen molar-refractivity contribution < 1.29 is 0 Å². The lowest BCUT2D eigenvalue weighted by Gasteiger charge is -2.04. The molecule has 0 aromatic rings. The zero-order chi connectivity index (χ0) is 8.27. The molecule has 0 unspecified atom stereocenters. The van der Waals surface area contributed by atoms with E-state index in [1.165, 1.54) is 6.21 Å². The van der Waals surface area contributed by atoms with Gasteiger partial charge in [0.15, 0.2) is 0 Å². The maximum absolute atomic E-state index is 7.42. The summed E-state index contributed by atoms with van der Waals surface area (Å²) in [6, 6.07) is 0. The Morgan fingerprint density at radius 2 is 2.09 bits per heavy atom. The lowest BCUT2D eigenvalue weighted by Crippen LogP contribution is -1.98. The van der Waals surface area contributed by atoms with Gasteiger partial charge in [-0.25, -0.2) is 0 Å². The SMILES string of the molecule is N=C/C=C1/C=C(Br)C=CC1=N. The third-order valence-electron chi connectivity index (χ3n) is 1.28. The van der Waals surface area contributed by atoms with Crippen LogP contribution in [0.25, 0.3) is 0 Å². The summed E-state index contributed by atoms with van der Waals surface area (Å²) >= 11 is 3.29. The van der Waals surface area contributed by atoms with Crippen LogP contribution in [0.1, 0.15) is 0 Å². The molecule has 0 spiro atoms. The highest BCUT2D eigenvalue weighted by molar-refractivity contribution is 9.11. The maximum atomic E-state index is 7.42. The summed E-state index contributed by atoms with van der Waals surface area (Å²) < 4.78 is 0.932. The zero-order valence-corrected chi connectivity index (χ0v) is 7.35. The van der Waals surface area contributed by atoms with Crippen LogP contribution in [0.15, 0.2) is 34.4 Å². The molecule has 3 heteroatoms. The lowest BCUT2D eigenvalue weighted by molar-refractivity contribution is 1.49. The van der Waals surface area contributed by atoms with Gasteiger partial charge in [0.2, 0.25) is 0 Å². The first-order valence-corrected chi connectivity index (χ1v) is 3.88. The summed E-state index contributed by atoms with van der Waals surface area (Å²) in [5.74, 6) is 0. The minimum Gasteiger partial charge on any atom is -0.309 e. The van der Waals surface area contributed by atoms with Crippen molar-refractivity contribution in [2.24, 2.45) is 0 Å². The van der Waals surface area contributed by atoms with Crippen molar-refractivity contribution in [3.8, 4) is 0 Å². The molecule has 0 aromatic heterocycles. The molecule has 56 valence electrons. The Kier molecular flexibility index (Phi) is 2.54. The second-order valence-electron chi connectivity index (χ2n) is 2.06. The Bertz CT molecular complexity index is 284.